The third kappa shape index (κ3) is 60.2. The predicted molar refractivity (Wildman–Crippen MR) is 316 cm³/mol. The largest absolute Gasteiger partial charge is 0.462 e. The van der Waals surface area contributed by atoms with Gasteiger partial charge in [0, 0.05) is 12.8 Å². The second kappa shape index (κ2) is 62.9. The molecule has 420 valence electrons. The van der Waals surface area contributed by atoms with Crippen LogP contribution in [0.5, 0.6) is 0 Å². The van der Waals surface area contributed by atoms with Gasteiger partial charge in [-0.1, -0.05) is 306 Å². The fourth-order valence-electron chi connectivity index (χ4n) is 9.55. The van der Waals surface area contributed by atoms with E-state index in [4.69, 9.17) is 9.47 Å². The molecule has 0 fully saturated rings. The Hall–Kier alpha value is -2.40. The lowest BCUT2D eigenvalue weighted by atomic mass is 10.0. The van der Waals surface area contributed by atoms with Crippen LogP contribution in [0.4, 0.5) is 0 Å². The van der Waals surface area contributed by atoms with Gasteiger partial charge in [0.25, 0.3) is 0 Å². The quantitative estimate of drug-likeness (QED) is 0.0373. The van der Waals surface area contributed by atoms with E-state index in [9.17, 15) is 14.7 Å². The monoisotopic (exact) mass is 1010 g/mol. The Morgan fingerprint density at radius 2 is 0.597 bits per heavy atom. The minimum Gasteiger partial charge on any atom is -0.462 e. The summed E-state index contributed by atoms with van der Waals surface area (Å²) in [5, 5.41) is 9.67. The van der Waals surface area contributed by atoms with Crippen LogP contribution < -0.4 is 0 Å². The molecular formula is C67H122O5. The van der Waals surface area contributed by atoms with E-state index in [0.29, 0.717) is 12.8 Å². The average Bonchev–Trinajstić information content (AvgIpc) is 3.38. The van der Waals surface area contributed by atoms with Crippen molar-refractivity contribution in [2.75, 3.05) is 13.2 Å². The fraction of sp³-hybridized carbons (Fsp3) is 0.821. The molecule has 0 radical (unpaired) electrons. The molecule has 0 aliphatic carbocycles. The van der Waals surface area contributed by atoms with Crippen LogP contribution in [0.2, 0.25) is 0 Å². The normalized spacial score (nSPS) is 12.5. The van der Waals surface area contributed by atoms with E-state index in [1.54, 1.807) is 0 Å². The molecule has 0 aromatic carbocycles. The Morgan fingerprint density at radius 3 is 0.917 bits per heavy atom. The molecule has 0 aromatic heterocycles. The molecule has 0 rings (SSSR count). The van der Waals surface area contributed by atoms with Crippen LogP contribution in [0.25, 0.3) is 0 Å². The van der Waals surface area contributed by atoms with Crippen LogP contribution in [0, 0.1) is 0 Å². The van der Waals surface area contributed by atoms with Gasteiger partial charge in [-0.05, 0) is 77.0 Å². The molecule has 1 N–H and O–H groups in total. The van der Waals surface area contributed by atoms with E-state index in [1.165, 1.54) is 238 Å². The van der Waals surface area contributed by atoms with Gasteiger partial charge in [-0.25, -0.2) is 0 Å². The van der Waals surface area contributed by atoms with Crippen LogP contribution >= 0.6 is 0 Å². The smallest absolute Gasteiger partial charge is 0.306 e. The number of rotatable bonds is 59. The van der Waals surface area contributed by atoms with Gasteiger partial charge >= 0.3 is 11.9 Å². The van der Waals surface area contributed by atoms with E-state index in [2.05, 4.69) is 74.6 Å². The Bertz CT molecular complexity index is 1230. The van der Waals surface area contributed by atoms with Crippen molar-refractivity contribution in [2.45, 2.75) is 341 Å². The number of carbonyl (C=O) groups excluding carboxylic acids is 2. The number of ether oxygens (including phenoxy) is 2. The van der Waals surface area contributed by atoms with Crippen molar-refractivity contribution in [3.63, 3.8) is 0 Å². The van der Waals surface area contributed by atoms with Crippen molar-refractivity contribution in [3.8, 4) is 0 Å². The second-order valence-electron chi connectivity index (χ2n) is 21.5. The molecule has 0 spiro atoms. The lowest BCUT2D eigenvalue weighted by Crippen LogP contribution is -2.28. The van der Waals surface area contributed by atoms with Crippen molar-refractivity contribution in [3.05, 3.63) is 60.8 Å². The number of esters is 2. The Labute approximate surface area is 449 Å². The van der Waals surface area contributed by atoms with E-state index in [-0.39, 0.29) is 25.2 Å². The van der Waals surface area contributed by atoms with E-state index >= 15 is 0 Å². The summed E-state index contributed by atoms with van der Waals surface area (Å²) in [4.78, 5) is 24.6. The fourth-order valence-corrected chi connectivity index (χ4v) is 9.55. The number of unbranched alkanes of at least 4 members (excludes halogenated alkanes) is 41. The molecule has 0 heterocycles. The molecule has 1 atom stereocenters. The van der Waals surface area contributed by atoms with E-state index < -0.39 is 6.10 Å². The zero-order chi connectivity index (χ0) is 52.0. The number of hydrogen-bond acceptors (Lipinski definition) is 5. The maximum atomic E-state index is 12.3. The van der Waals surface area contributed by atoms with Crippen molar-refractivity contribution in [1.29, 1.82) is 0 Å². The highest BCUT2D eigenvalue weighted by molar-refractivity contribution is 5.70. The van der Waals surface area contributed by atoms with Crippen molar-refractivity contribution in [1.82, 2.24) is 0 Å². The lowest BCUT2D eigenvalue weighted by molar-refractivity contribution is -0.161. The number of carbonyl (C=O) groups is 2. The van der Waals surface area contributed by atoms with Gasteiger partial charge in [0.05, 0.1) is 6.61 Å². The first-order valence-electron chi connectivity index (χ1n) is 31.8. The molecular weight excluding hydrogens is 885 g/mol. The summed E-state index contributed by atoms with van der Waals surface area (Å²) in [5.74, 6) is -0.587. The van der Waals surface area contributed by atoms with Crippen LogP contribution in [-0.4, -0.2) is 36.4 Å². The molecule has 0 aromatic rings. The molecule has 0 aliphatic heterocycles. The molecule has 5 nitrogen and oxygen atoms in total. The molecule has 0 saturated heterocycles. The van der Waals surface area contributed by atoms with Crippen LogP contribution in [0.15, 0.2) is 60.8 Å². The molecule has 5 heteroatoms. The average molecular weight is 1010 g/mol. The number of aliphatic hydroxyl groups is 1. The molecule has 0 aliphatic rings. The summed E-state index contributed by atoms with van der Waals surface area (Å²) in [6.45, 7) is 4.06. The highest BCUT2D eigenvalue weighted by Crippen LogP contribution is 2.18. The molecule has 72 heavy (non-hydrogen) atoms. The first-order valence-corrected chi connectivity index (χ1v) is 31.8. The Balaban J connectivity index is 3.40. The number of allylic oxidation sites excluding steroid dienone is 10. The highest BCUT2D eigenvalue weighted by atomic mass is 16.6. The Morgan fingerprint density at radius 1 is 0.333 bits per heavy atom. The van der Waals surface area contributed by atoms with E-state index in [1.807, 2.05) is 0 Å². The van der Waals surface area contributed by atoms with Crippen molar-refractivity contribution < 1.29 is 24.2 Å². The maximum absolute atomic E-state index is 12.3. The van der Waals surface area contributed by atoms with Gasteiger partial charge in [-0.15, -0.1) is 0 Å². The van der Waals surface area contributed by atoms with Gasteiger partial charge in [-0.2, -0.15) is 0 Å². The summed E-state index contributed by atoms with van der Waals surface area (Å²) in [5.41, 5.74) is 0. The zero-order valence-corrected chi connectivity index (χ0v) is 48.2. The van der Waals surface area contributed by atoms with Crippen LogP contribution in [0.1, 0.15) is 335 Å². The molecule has 0 saturated carbocycles. The summed E-state index contributed by atoms with van der Waals surface area (Å²) >= 11 is 0. The minimum atomic E-state index is -0.778. The molecule has 0 bridgehead atoms. The minimum absolute atomic E-state index is 0.0674. The Kier molecular flexibility index (Phi) is 60.8. The van der Waals surface area contributed by atoms with Crippen molar-refractivity contribution in [2.24, 2.45) is 0 Å². The van der Waals surface area contributed by atoms with Gasteiger partial charge in [0.15, 0.2) is 6.10 Å². The number of hydrogen-bond donors (Lipinski definition) is 1. The maximum Gasteiger partial charge on any atom is 0.306 e. The predicted octanol–water partition coefficient (Wildman–Crippen LogP) is 21.8. The zero-order valence-electron chi connectivity index (χ0n) is 48.2. The number of aliphatic hydroxyl groups excluding tert-OH is 1. The third-order valence-corrected chi connectivity index (χ3v) is 14.3. The van der Waals surface area contributed by atoms with Gasteiger partial charge in [0.2, 0.25) is 0 Å². The summed E-state index contributed by atoms with van der Waals surface area (Å²) in [6.07, 6.45) is 85.2. The summed E-state index contributed by atoms with van der Waals surface area (Å²) in [7, 11) is 0. The first kappa shape index (κ1) is 69.6. The topological polar surface area (TPSA) is 72.8 Å². The van der Waals surface area contributed by atoms with Gasteiger partial charge < -0.3 is 14.6 Å². The van der Waals surface area contributed by atoms with Gasteiger partial charge in [-0.3, -0.25) is 9.59 Å². The first-order chi connectivity index (χ1) is 35.6. The second-order valence-corrected chi connectivity index (χ2v) is 21.5. The summed E-state index contributed by atoms with van der Waals surface area (Å²) in [6, 6.07) is 0. The van der Waals surface area contributed by atoms with E-state index in [0.717, 1.165) is 70.6 Å². The standard InChI is InChI=1S/C67H122O5/c1-3-5-7-9-11-13-15-17-19-21-23-25-26-27-28-29-30-31-32-33-34-35-36-37-38-39-40-42-43-45-47-49-51-53-55-57-59-61-66(69)71-64-65(63-68)72-67(70)62-60-58-56-54-52-50-48-46-44-41-24-22-20-18-16-14-12-10-8-6-4-2/h6,8,12,14,18,20-21,23-24,41,65,68H,3-5,7,9-11,13,15-17,19,22,25-40,42-64H2,1-2H3/b8-6-,14-12-,20-18-,23-21-,41-24-. The molecule has 1 unspecified atom stereocenters. The van der Waals surface area contributed by atoms with Crippen molar-refractivity contribution >= 4 is 11.9 Å². The van der Waals surface area contributed by atoms with Crippen LogP contribution in [-0.2, 0) is 19.1 Å². The van der Waals surface area contributed by atoms with Crippen LogP contribution in [0.3, 0.4) is 0 Å². The summed E-state index contributed by atoms with van der Waals surface area (Å²) < 4.78 is 10.7. The molecule has 0 amide bonds. The lowest BCUT2D eigenvalue weighted by Gasteiger charge is -2.15. The highest BCUT2D eigenvalue weighted by Gasteiger charge is 2.16. The SMILES string of the molecule is CC/C=C\C/C=C\C/C=C\C/C=C\CCCCCCCCCCC(=O)OC(CO)COC(=O)CCCCCCCCCCCCCCCCCCCCCCCCCCC/C=C\CCCCCCCCCC. The third-order valence-electron chi connectivity index (χ3n) is 14.3. The van der Waals surface area contributed by atoms with Gasteiger partial charge in [0.1, 0.15) is 6.61 Å².